The number of phenolic OH excluding ortho intramolecular Hbond substituents is 1. The molecule has 2 aliphatic rings. The normalized spacial score (nSPS) is 16.3. The molecule has 176 valence electrons. The molecule has 4 rings (SSSR count). The Kier molecular flexibility index (Phi) is 6.34. The number of piperazine rings is 1. The van der Waals surface area contributed by atoms with Crippen LogP contribution >= 0.6 is 0 Å². The molecule has 1 aromatic carbocycles. The van der Waals surface area contributed by atoms with Gasteiger partial charge in [0.1, 0.15) is 5.75 Å². The summed E-state index contributed by atoms with van der Waals surface area (Å²) in [5, 5.41) is 33.7. The Hall–Kier alpha value is -3.82. The molecule has 4 N–H and O–H groups in total. The molecule has 1 saturated heterocycles. The van der Waals surface area contributed by atoms with Crippen molar-refractivity contribution in [2.75, 3.05) is 38.1 Å². The van der Waals surface area contributed by atoms with Gasteiger partial charge in [0.25, 0.3) is 5.91 Å². The molecule has 10 nitrogen and oxygen atoms in total. The number of aromatic hydroxyl groups is 3. The van der Waals surface area contributed by atoms with Crippen LogP contribution in [0.15, 0.2) is 36.4 Å². The Morgan fingerprint density at radius 1 is 1.00 bits per heavy atom. The largest absolute Gasteiger partial charge is 0.506 e. The highest BCUT2D eigenvalue weighted by atomic mass is 16.6. The number of carbonyl (C=O) groups is 2. The van der Waals surface area contributed by atoms with E-state index >= 15 is 0 Å². The van der Waals surface area contributed by atoms with Gasteiger partial charge >= 0.3 is 6.09 Å². The second-order valence-corrected chi connectivity index (χ2v) is 8.04. The molecule has 0 saturated carbocycles. The Bertz CT molecular complexity index is 1040. The van der Waals surface area contributed by atoms with E-state index in [0.29, 0.717) is 55.8 Å². The topological polar surface area (TPSA) is 127 Å². The van der Waals surface area contributed by atoms with Crippen LogP contribution in [0.4, 0.5) is 10.5 Å². The van der Waals surface area contributed by atoms with Gasteiger partial charge in [0, 0.05) is 44.4 Å². The highest BCUT2D eigenvalue weighted by molar-refractivity contribution is 5.84. The van der Waals surface area contributed by atoms with Crippen molar-refractivity contribution in [1.82, 2.24) is 14.8 Å². The number of nitrogens with one attached hydrogen (secondary N) is 1. The van der Waals surface area contributed by atoms with Crippen LogP contribution in [0.2, 0.25) is 0 Å². The van der Waals surface area contributed by atoms with Crippen molar-refractivity contribution >= 4 is 17.7 Å². The van der Waals surface area contributed by atoms with Crippen LogP contribution in [0.3, 0.4) is 0 Å². The highest BCUT2D eigenvalue weighted by Gasteiger charge is 2.33. The number of ether oxygens (including phenoxy) is 1. The second-order valence-electron chi connectivity index (χ2n) is 8.04. The SMILES string of the molecule is CNC(=O)OC(Cn1c(O)c2c(c1O)CC=CC2)C(=O)N1CCN(c2ccccc2O)CC1. The molecule has 1 aliphatic carbocycles. The first-order chi connectivity index (χ1) is 15.9. The van der Waals surface area contributed by atoms with Crippen molar-refractivity contribution in [3.8, 4) is 17.5 Å². The summed E-state index contributed by atoms with van der Waals surface area (Å²) in [4.78, 5) is 28.8. The first-order valence-electron chi connectivity index (χ1n) is 10.9. The Labute approximate surface area is 191 Å². The average molecular weight is 456 g/mol. The minimum atomic E-state index is -1.24. The number of hydrogen-bond donors (Lipinski definition) is 4. The molecule has 33 heavy (non-hydrogen) atoms. The first-order valence-corrected chi connectivity index (χ1v) is 10.9. The molecule has 1 aliphatic heterocycles. The molecule has 2 amide bonds. The molecule has 0 radical (unpaired) electrons. The number of aromatic nitrogens is 1. The zero-order chi connectivity index (χ0) is 23.5. The third-order valence-electron chi connectivity index (χ3n) is 6.12. The van der Waals surface area contributed by atoms with Crippen LogP contribution in [0.5, 0.6) is 17.5 Å². The van der Waals surface area contributed by atoms with Crippen molar-refractivity contribution in [2.45, 2.75) is 25.5 Å². The number of phenols is 1. The second kappa shape index (κ2) is 9.35. The van der Waals surface area contributed by atoms with Gasteiger partial charge < -0.3 is 35.2 Å². The van der Waals surface area contributed by atoms with E-state index in [1.807, 2.05) is 29.2 Å². The number of para-hydroxylation sites is 2. The molecule has 1 atom stereocenters. The molecule has 1 fully saturated rings. The van der Waals surface area contributed by atoms with Crippen molar-refractivity contribution in [3.05, 3.63) is 47.5 Å². The quantitative estimate of drug-likeness (QED) is 0.500. The Morgan fingerprint density at radius 2 is 1.61 bits per heavy atom. The summed E-state index contributed by atoms with van der Waals surface area (Å²) in [5.74, 6) is -0.502. The van der Waals surface area contributed by atoms with Gasteiger partial charge in [0.2, 0.25) is 0 Å². The van der Waals surface area contributed by atoms with Gasteiger partial charge in [-0.1, -0.05) is 24.3 Å². The van der Waals surface area contributed by atoms with E-state index < -0.39 is 18.1 Å². The van der Waals surface area contributed by atoms with Gasteiger partial charge in [0.15, 0.2) is 17.9 Å². The summed E-state index contributed by atoms with van der Waals surface area (Å²) >= 11 is 0. The van der Waals surface area contributed by atoms with E-state index in [0.717, 1.165) is 0 Å². The average Bonchev–Trinajstić information content (AvgIpc) is 3.08. The first kappa shape index (κ1) is 22.4. The van der Waals surface area contributed by atoms with E-state index in [4.69, 9.17) is 4.74 Å². The van der Waals surface area contributed by atoms with Crippen molar-refractivity contribution in [3.63, 3.8) is 0 Å². The number of allylic oxidation sites excluding steroid dienone is 2. The molecule has 0 spiro atoms. The fraction of sp³-hybridized carbons (Fsp3) is 0.391. The fourth-order valence-corrected chi connectivity index (χ4v) is 4.32. The number of anilines is 1. The number of carbonyl (C=O) groups excluding carboxylic acids is 2. The van der Waals surface area contributed by atoms with Gasteiger partial charge in [-0.05, 0) is 25.0 Å². The monoisotopic (exact) mass is 456 g/mol. The molecular weight excluding hydrogens is 428 g/mol. The van der Waals surface area contributed by atoms with Gasteiger partial charge in [-0.15, -0.1) is 0 Å². The molecule has 0 bridgehead atoms. The lowest BCUT2D eigenvalue weighted by molar-refractivity contribution is -0.141. The number of hydrogen-bond acceptors (Lipinski definition) is 7. The number of rotatable bonds is 5. The number of nitrogens with zero attached hydrogens (tertiary/aromatic N) is 3. The zero-order valence-corrected chi connectivity index (χ0v) is 18.4. The van der Waals surface area contributed by atoms with Crippen LogP contribution in [0, 0.1) is 0 Å². The lowest BCUT2D eigenvalue weighted by atomic mass is 10.0. The summed E-state index contributed by atoms with van der Waals surface area (Å²) < 4.78 is 6.56. The zero-order valence-electron chi connectivity index (χ0n) is 18.4. The van der Waals surface area contributed by atoms with Crippen LogP contribution in [-0.4, -0.2) is 76.1 Å². The Balaban J connectivity index is 1.50. The molecule has 10 heteroatoms. The van der Waals surface area contributed by atoms with Crippen molar-refractivity contribution in [2.24, 2.45) is 0 Å². The molecular formula is C23H28N4O6. The third kappa shape index (κ3) is 4.41. The third-order valence-corrected chi connectivity index (χ3v) is 6.12. The Morgan fingerprint density at radius 3 is 2.18 bits per heavy atom. The van der Waals surface area contributed by atoms with Crippen LogP contribution in [0.25, 0.3) is 0 Å². The molecule has 1 unspecified atom stereocenters. The predicted octanol–water partition coefficient (Wildman–Crippen LogP) is 1.33. The molecule has 2 aromatic rings. The summed E-state index contributed by atoms with van der Waals surface area (Å²) in [6.07, 6.45) is 2.74. The maximum Gasteiger partial charge on any atom is 0.407 e. The number of amides is 2. The van der Waals surface area contributed by atoms with Crippen LogP contribution < -0.4 is 10.2 Å². The number of alkyl carbamates (subject to hydrolysis) is 1. The number of benzene rings is 1. The lowest BCUT2D eigenvalue weighted by Gasteiger charge is -2.37. The summed E-state index contributed by atoms with van der Waals surface area (Å²) in [7, 11) is 1.39. The van der Waals surface area contributed by atoms with E-state index in [2.05, 4.69) is 5.32 Å². The number of fused-ring (bicyclic) bond motifs is 1. The molecule has 1 aromatic heterocycles. The van der Waals surface area contributed by atoms with Gasteiger partial charge in [-0.25, -0.2) is 4.79 Å². The molecule has 2 heterocycles. The summed E-state index contributed by atoms with van der Waals surface area (Å²) in [5.41, 5.74) is 1.92. The smallest absolute Gasteiger partial charge is 0.407 e. The van der Waals surface area contributed by atoms with Crippen LogP contribution in [-0.2, 0) is 28.9 Å². The van der Waals surface area contributed by atoms with Gasteiger partial charge in [0.05, 0.1) is 12.2 Å². The summed E-state index contributed by atoms with van der Waals surface area (Å²) in [6.45, 7) is 1.51. The van der Waals surface area contributed by atoms with Crippen molar-refractivity contribution in [1.29, 1.82) is 0 Å². The van der Waals surface area contributed by atoms with E-state index in [9.17, 15) is 24.9 Å². The van der Waals surface area contributed by atoms with Crippen molar-refractivity contribution < 1.29 is 29.6 Å². The lowest BCUT2D eigenvalue weighted by Crippen LogP contribution is -2.53. The summed E-state index contributed by atoms with van der Waals surface area (Å²) in [6, 6.07) is 7.02. The van der Waals surface area contributed by atoms with Gasteiger partial charge in [-0.2, -0.15) is 0 Å². The van der Waals surface area contributed by atoms with E-state index in [1.165, 1.54) is 11.6 Å². The fourth-order valence-electron chi connectivity index (χ4n) is 4.32. The van der Waals surface area contributed by atoms with Crippen LogP contribution in [0.1, 0.15) is 11.1 Å². The van der Waals surface area contributed by atoms with E-state index in [1.54, 1.807) is 17.0 Å². The predicted molar refractivity (Wildman–Crippen MR) is 121 cm³/mol. The minimum absolute atomic E-state index is 0.130. The van der Waals surface area contributed by atoms with E-state index in [-0.39, 0.29) is 24.1 Å². The maximum atomic E-state index is 13.3. The standard InChI is InChI=1S/C23H28N4O6/c1-24-23(32)33-19(14-27-20(29)15-6-2-3-7-16(15)21(27)30)22(31)26-12-10-25(11-13-26)17-8-4-5-9-18(17)28/h2-5,8-9,19,28-30H,6-7,10-14H2,1H3,(H,24,32). The highest BCUT2D eigenvalue weighted by Crippen LogP contribution is 2.37. The minimum Gasteiger partial charge on any atom is -0.506 e. The maximum absolute atomic E-state index is 13.3. The van der Waals surface area contributed by atoms with Gasteiger partial charge in [-0.3, -0.25) is 9.36 Å².